The summed E-state index contributed by atoms with van der Waals surface area (Å²) in [5, 5.41) is 16.2. The first-order valence-electron chi connectivity index (χ1n) is 9.42. The maximum atomic E-state index is 14.0. The van der Waals surface area contributed by atoms with E-state index in [1.165, 1.54) is 18.2 Å². The van der Waals surface area contributed by atoms with Crippen LogP contribution in [-0.4, -0.2) is 38.9 Å². The Morgan fingerprint density at radius 1 is 1.16 bits per heavy atom. The van der Waals surface area contributed by atoms with Crippen LogP contribution in [0.3, 0.4) is 0 Å². The molecule has 3 aromatic rings. The number of alkyl halides is 2. The molecule has 1 amide bonds. The van der Waals surface area contributed by atoms with Crippen molar-refractivity contribution < 1.29 is 23.1 Å². The van der Waals surface area contributed by atoms with Crippen LogP contribution in [0.4, 0.5) is 13.2 Å². The highest BCUT2D eigenvalue weighted by molar-refractivity contribution is 6.30. The zero-order chi connectivity index (χ0) is 23.7. The molecule has 0 radical (unpaired) electrons. The molecule has 1 unspecified atom stereocenters. The molecule has 32 heavy (non-hydrogen) atoms. The summed E-state index contributed by atoms with van der Waals surface area (Å²) in [6, 6.07) is 12.4. The second-order valence-corrected chi connectivity index (χ2v) is 7.92. The minimum atomic E-state index is -3.50. The van der Waals surface area contributed by atoms with E-state index in [-0.39, 0.29) is 11.4 Å². The number of rotatable bonds is 6. The van der Waals surface area contributed by atoms with Gasteiger partial charge in [-0.05, 0) is 43.3 Å². The molecule has 0 saturated carbocycles. The van der Waals surface area contributed by atoms with Crippen molar-refractivity contribution in [2.24, 2.45) is 0 Å². The van der Waals surface area contributed by atoms with Crippen molar-refractivity contribution in [1.82, 2.24) is 15.1 Å². The van der Waals surface area contributed by atoms with Crippen LogP contribution in [0.25, 0.3) is 16.9 Å². The highest BCUT2D eigenvalue weighted by atomic mass is 35.5. The first-order chi connectivity index (χ1) is 14.9. The van der Waals surface area contributed by atoms with Gasteiger partial charge in [-0.2, -0.15) is 9.78 Å². The number of aromatic nitrogens is 2. The summed E-state index contributed by atoms with van der Waals surface area (Å²) in [6.45, 7) is 0.424. The minimum absolute atomic E-state index is 0.0330. The van der Waals surface area contributed by atoms with E-state index in [9.17, 15) is 27.9 Å². The third-order valence-electron chi connectivity index (χ3n) is 5.02. The molecule has 0 aliphatic heterocycles. The molecule has 0 bridgehead atoms. The number of nitrogens with zero attached hydrogens (tertiary/aromatic N) is 2. The van der Waals surface area contributed by atoms with E-state index in [1.807, 2.05) is 5.32 Å². The Morgan fingerprint density at radius 2 is 1.81 bits per heavy atom. The maximum Gasteiger partial charge on any atom is 0.284 e. The smallest absolute Gasteiger partial charge is 0.284 e. The lowest BCUT2D eigenvalue weighted by atomic mass is 9.95. The second kappa shape index (κ2) is 8.76. The quantitative estimate of drug-likeness (QED) is 0.579. The summed E-state index contributed by atoms with van der Waals surface area (Å²) in [6.07, 6.45) is 0. The lowest BCUT2D eigenvalue weighted by Gasteiger charge is -2.34. The monoisotopic (exact) mass is 465 g/mol. The molecule has 10 heteroatoms. The van der Waals surface area contributed by atoms with Gasteiger partial charge in [0.2, 0.25) is 0 Å². The van der Waals surface area contributed by atoms with Gasteiger partial charge < -0.3 is 10.4 Å². The molecule has 168 valence electrons. The summed E-state index contributed by atoms with van der Waals surface area (Å²) in [5.74, 6) is -5.28. The summed E-state index contributed by atoms with van der Waals surface area (Å²) in [7, 11) is 0. The van der Waals surface area contributed by atoms with E-state index >= 15 is 0 Å². The van der Waals surface area contributed by atoms with Crippen LogP contribution in [-0.2, 0) is 0 Å². The van der Waals surface area contributed by atoms with Crippen molar-refractivity contribution in [3.8, 4) is 16.9 Å². The van der Waals surface area contributed by atoms with Crippen LogP contribution in [0.2, 0.25) is 5.02 Å². The van der Waals surface area contributed by atoms with E-state index in [1.54, 1.807) is 24.3 Å². The highest BCUT2D eigenvalue weighted by Gasteiger charge is 2.47. The Balaban J connectivity index is 2.19. The number of amides is 1. The molecule has 0 aliphatic rings. The topological polar surface area (TPSA) is 84.2 Å². The molecule has 1 heterocycles. The van der Waals surface area contributed by atoms with Gasteiger partial charge in [0.25, 0.3) is 17.4 Å². The molecule has 1 aromatic heterocycles. The Bertz CT molecular complexity index is 1210. The van der Waals surface area contributed by atoms with Crippen LogP contribution in [0, 0.1) is 5.82 Å². The molecule has 6 nitrogen and oxygen atoms in total. The second-order valence-electron chi connectivity index (χ2n) is 7.48. The Kier molecular flexibility index (Phi) is 6.43. The number of hydrogen-bond donors (Lipinski definition) is 2. The van der Waals surface area contributed by atoms with Gasteiger partial charge in [-0.1, -0.05) is 29.8 Å². The number of aliphatic hydroxyl groups excluding tert-OH is 1. The summed E-state index contributed by atoms with van der Waals surface area (Å²) < 4.78 is 42.6. The number of carbonyl (C=O) groups excluding carboxylic acids is 1. The van der Waals surface area contributed by atoms with Gasteiger partial charge in [-0.3, -0.25) is 9.59 Å². The van der Waals surface area contributed by atoms with Gasteiger partial charge >= 0.3 is 0 Å². The molecule has 0 saturated heterocycles. The molecular formula is C22H19ClF3N3O3. The third-order valence-corrected chi connectivity index (χ3v) is 5.28. The van der Waals surface area contributed by atoms with Gasteiger partial charge in [-0.15, -0.1) is 0 Å². The number of benzene rings is 2. The molecule has 1 atom stereocenters. The van der Waals surface area contributed by atoms with Crippen LogP contribution < -0.4 is 10.9 Å². The lowest BCUT2D eigenvalue weighted by molar-refractivity contribution is -0.0821. The maximum absolute atomic E-state index is 14.0. The van der Waals surface area contributed by atoms with Gasteiger partial charge in [0.1, 0.15) is 16.9 Å². The van der Waals surface area contributed by atoms with E-state index in [4.69, 9.17) is 11.6 Å². The lowest BCUT2D eigenvalue weighted by Crippen LogP contribution is -2.60. The molecule has 2 N–H and O–H groups in total. The van der Waals surface area contributed by atoms with Crippen molar-refractivity contribution in [1.29, 1.82) is 0 Å². The van der Waals surface area contributed by atoms with Crippen molar-refractivity contribution in [2.75, 3.05) is 6.61 Å². The third kappa shape index (κ3) is 4.68. The zero-order valence-electron chi connectivity index (χ0n) is 17.1. The average Bonchev–Trinajstić information content (AvgIpc) is 2.73. The first-order valence-corrected chi connectivity index (χ1v) is 9.80. The summed E-state index contributed by atoms with van der Waals surface area (Å²) >= 11 is 5.91. The van der Waals surface area contributed by atoms with E-state index in [2.05, 4.69) is 5.10 Å². The predicted molar refractivity (Wildman–Crippen MR) is 114 cm³/mol. The zero-order valence-corrected chi connectivity index (χ0v) is 17.8. The fourth-order valence-electron chi connectivity index (χ4n) is 2.81. The van der Waals surface area contributed by atoms with Crippen LogP contribution in [0.15, 0.2) is 59.4 Å². The van der Waals surface area contributed by atoms with E-state index < -0.39 is 40.9 Å². The van der Waals surface area contributed by atoms with Crippen molar-refractivity contribution in [2.45, 2.75) is 25.3 Å². The first kappa shape index (κ1) is 23.5. The van der Waals surface area contributed by atoms with E-state index in [0.29, 0.717) is 17.5 Å². The van der Waals surface area contributed by atoms with Crippen LogP contribution >= 0.6 is 11.6 Å². The normalized spacial score (nSPS) is 13.5. The predicted octanol–water partition coefficient (Wildman–Crippen LogP) is 3.83. The molecule has 0 spiro atoms. The fourth-order valence-corrected chi connectivity index (χ4v) is 2.93. The number of hydrogen-bond acceptors (Lipinski definition) is 4. The molecule has 3 rings (SSSR count). The Hall–Kier alpha value is -3.17. The van der Waals surface area contributed by atoms with Gasteiger partial charge in [0.15, 0.2) is 0 Å². The molecular weight excluding hydrogens is 447 g/mol. The fraction of sp³-hybridized carbons (Fsp3) is 0.227. The minimum Gasteiger partial charge on any atom is -0.394 e. The van der Waals surface area contributed by atoms with Crippen LogP contribution in [0.5, 0.6) is 0 Å². The average molecular weight is 466 g/mol. The highest BCUT2D eigenvalue weighted by Crippen LogP contribution is 2.28. The number of halogens is 4. The van der Waals surface area contributed by atoms with Gasteiger partial charge in [0.05, 0.1) is 18.0 Å². The summed E-state index contributed by atoms with van der Waals surface area (Å²) in [5.41, 5.74) is -3.15. The standard InChI is InChI=1S/C22H19ClF3N3O3/c1-21(12-30,22(2,25)26)27-19(31)17-11-18(13-6-8-14(23)9-7-13)28-29(20(17)32)16-5-3-4-15(24)10-16/h3-11,30H,12H2,1-2H3,(H,27,31). The number of aliphatic hydroxyl groups is 1. The molecule has 2 aromatic carbocycles. The van der Waals surface area contributed by atoms with Crippen molar-refractivity contribution >= 4 is 17.5 Å². The van der Waals surface area contributed by atoms with E-state index in [0.717, 1.165) is 23.7 Å². The number of carbonyl (C=O) groups is 1. The largest absolute Gasteiger partial charge is 0.394 e. The van der Waals surface area contributed by atoms with Crippen molar-refractivity contribution in [3.63, 3.8) is 0 Å². The van der Waals surface area contributed by atoms with Gasteiger partial charge in [-0.25, -0.2) is 13.2 Å². The molecule has 0 aliphatic carbocycles. The Labute approximate surface area is 186 Å². The van der Waals surface area contributed by atoms with Gasteiger partial charge in [0, 0.05) is 17.5 Å². The number of nitrogens with one attached hydrogen (secondary N) is 1. The molecule has 0 fully saturated rings. The van der Waals surface area contributed by atoms with Crippen LogP contribution in [0.1, 0.15) is 24.2 Å². The van der Waals surface area contributed by atoms with Crippen molar-refractivity contribution in [3.05, 3.63) is 81.4 Å². The Morgan fingerprint density at radius 3 is 2.38 bits per heavy atom. The SMILES string of the molecule is CC(F)(F)C(C)(CO)NC(=O)c1cc(-c2ccc(Cl)cc2)nn(-c2cccc(F)c2)c1=O. The summed E-state index contributed by atoms with van der Waals surface area (Å²) in [4.78, 5) is 25.9.